The van der Waals surface area contributed by atoms with Crippen molar-refractivity contribution in [3.8, 4) is 0 Å². The normalized spacial score (nSPS) is 15.4. The second-order valence-corrected chi connectivity index (χ2v) is 10.7. The maximum absolute atomic E-state index is 13.6. The monoisotopic (exact) mass is 526 g/mol. The molecule has 2 aromatic rings. The maximum atomic E-state index is 13.6. The topological polar surface area (TPSA) is 185 Å². The van der Waals surface area contributed by atoms with Gasteiger partial charge in [0.25, 0.3) is 0 Å². The van der Waals surface area contributed by atoms with Crippen LogP contribution in [0.25, 0.3) is 11.2 Å². The Morgan fingerprint density at radius 3 is 2.31 bits per heavy atom. The molecule has 1 fully saturated rings. The molecule has 200 valence electrons. The zero-order valence-corrected chi connectivity index (χ0v) is 21.9. The maximum Gasteiger partial charge on any atom is 0.323 e. The van der Waals surface area contributed by atoms with Gasteiger partial charge in [-0.05, 0) is 40.5 Å². The largest absolute Gasteiger partial charge is 0.465 e. The Bertz CT molecular complexity index is 1080. The summed E-state index contributed by atoms with van der Waals surface area (Å²) in [4.78, 5) is 37.1. The van der Waals surface area contributed by atoms with Crippen molar-refractivity contribution in [2.75, 3.05) is 37.2 Å². The Morgan fingerprint density at radius 1 is 1.14 bits per heavy atom. The molecule has 0 amide bonds. The lowest BCUT2D eigenvalue weighted by Gasteiger charge is -2.26. The molecule has 0 bridgehead atoms. The summed E-state index contributed by atoms with van der Waals surface area (Å²) >= 11 is 0. The van der Waals surface area contributed by atoms with Gasteiger partial charge in [0.2, 0.25) is 13.4 Å². The Morgan fingerprint density at radius 2 is 1.75 bits per heavy atom. The van der Waals surface area contributed by atoms with Crippen LogP contribution in [-0.2, 0) is 34.9 Å². The van der Waals surface area contributed by atoms with Crippen LogP contribution in [-0.4, -0.2) is 75.8 Å². The molecule has 0 spiro atoms. The van der Waals surface area contributed by atoms with Crippen LogP contribution in [0.3, 0.4) is 0 Å². The van der Waals surface area contributed by atoms with E-state index in [2.05, 4.69) is 30.4 Å². The number of nitrogens with one attached hydrogen (secondary N) is 3. The number of nitrogens with two attached hydrogens (primary N) is 1. The van der Waals surface area contributed by atoms with Crippen molar-refractivity contribution < 1.29 is 28.4 Å². The zero-order valence-electron chi connectivity index (χ0n) is 21.0. The summed E-state index contributed by atoms with van der Waals surface area (Å²) in [5, 5.41) is 8.79. The quantitative estimate of drug-likeness (QED) is 0.148. The average molecular weight is 527 g/mol. The van der Waals surface area contributed by atoms with Gasteiger partial charge in [-0.25, -0.2) is 15.2 Å². The van der Waals surface area contributed by atoms with E-state index in [1.54, 1.807) is 24.7 Å². The highest BCUT2D eigenvalue weighted by Gasteiger charge is 2.32. The van der Waals surface area contributed by atoms with Gasteiger partial charge in [0.05, 0.1) is 26.1 Å². The minimum absolute atomic E-state index is 0.132. The molecule has 15 heteroatoms. The predicted molar refractivity (Wildman–Crippen MR) is 133 cm³/mol. The van der Waals surface area contributed by atoms with E-state index in [-0.39, 0.29) is 32.1 Å². The minimum Gasteiger partial charge on any atom is -0.465 e. The predicted octanol–water partition coefficient (Wildman–Crippen LogP) is 1.23. The molecule has 2 heterocycles. The number of fused-ring (bicyclic) bond motifs is 1. The van der Waals surface area contributed by atoms with Crippen LogP contribution in [0.15, 0.2) is 6.33 Å². The number of anilines is 2. The number of hydrogen-bond acceptors (Lipinski definition) is 11. The van der Waals surface area contributed by atoms with E-state index in [9.17, 15) is 14.2 Å². The van der Waals surface area contributed by atoms with Crippen LogP contribution in [0.1, 0.15) is 40.5 Å². The van der Waals surface area contributed by atoms with E-state index in [4.69, 9.17) is 19.9 Å². The van der Waals surface area contributed by atoms with Gasteiger partial charge in [0, 0.05) is 12.6 Å². The van der Waals surface area contributed by atoms with E-state index < -0.39 is 31.5 Å². The van der Waals surface area contributed by atoms with Crippen molar-refractivity contribution >= 4 is 42.3 Å². The Balaban J connectivity index is 1.64. The van der Waals surface area contributed by atoms with E-state index in [1.165, 1.54) is 13.8 Å². The Hall–Kier alpha value is -2.80. The third-order valence-corrected chi connectivity index (χ3v) is 7.39. The molecule has 36 heavy (non-hydrogen) atoms. The average Bonchev–Trinajstić information content (AvgIpc) is 3.54. The molecule has 0 radical (unpaired) electrons. The van der Waals surface area contributed by atoms with Gasteiger partial charge in [-0.15, -0.1) is 0 Å². The van der Waals surface area contributed by atoms with Gasteiger partial charge in [-0.2, -0.15) is 9.97 Å². The van der Waals surface area contributed by atoms with Crippen molar-refractivity contribution in [1.29, 1.82) is 0 Å². The number of carbonyl (C=O) groups is 2. The lowest BCUT2D eigenvalue weighted by atomic mass is 10.4. The Kier molecular flexibility index (Phi) is 9.60. The van der Waals surface area contributed by atoms with Gasteiger partial charge in [0.1, 0.15) is 18.4 Å². The molecule has 2 aromatic heterocycles. The second-order valence-electron chi connectivity index (χ2n) is 8.44. The summed E-state index contributed by atoms with van der Waals surface area (Å²) in [6.45, 7) is 7.26. The molecule has 14 nitrogen and oxygen atoms in total. The number of nitrogens with zero attached hydrogens (tertiary/aromatic N) is 4. The molecule has 0 aliphatic heterocycles. The van der Waals surface area contributed by atoms with Gasteiger partial charge < -0.3 is 29.8 Å². The molecule has 1 aliphatic carbocycles. The molecular formula is C21H35N8O6P. The number of nitrogen functional groups attached to an aromatic ring is 1. The lowest BCUT2D eigenvalue weighted by Crippen LogP contribution is -2.42. The highest BCUT2D eigenvalue weighted by Crippen LogP contribution is 2.37. The molecule has 1 aliphatic rings. The molecule has 0 saturated heterocycles. The summed E-state index contributed by atoms with van der Waals surface area (Å²) in [5.41, 5.74) is 7.05. The van der Waals surface area contributed by atoms with Gasteiger partial charge in [-0.1, -0.05) is 0 Å². The summed E-state index contributed by atoms with van der Waals surface area (Å²) in [5.74, 6) is -0.409. The first-order valence-electron chi connectivity index (χ1n) is 12.0. The van der Waals surface area contributed by atoms with Gasteiger partial charge in [-0.3, -0.25) is 14.2 Å². The number of aromatic nitrogens is 4. The first kappa shape index (κ1) is 27.8. The number of esters is 2. The first-order valence-corrected chi connectivity index (χ1v) is 13.9. The van der Waals surface area contributed by atoms with Gasteiger partial charge >= 0.3 is 11.9 Å². The summed E-state index contributed by atoms with van der Waals surface area (Å²) < 4.78 is 31.0. The number of carbonyl (C=O) groups excluding carboxylic acids is 2. The number of ether oxygens (including phenoxy) is 3. The van der Waals surface area contributed by atoms with Crippen LogP contribution < -0.4 is 21.2 Å². The van der Waals surface area contributed by atoms with Crippen LogP contribution in [0.2, 0.25) is 0 Å². The van der Waals surface area contributed by atoms with E-state index in [0.29, 0.717) is 29.6 Å². The fourth-order valence-electron chi connectivity index (χ4n) is 3.38. The van der Waals surface area contributed by atoms with Crippen molar-refractivity contribution in [3.05, 3.63) is 6.33 Å². The molecule has 0 unspecified atom stereocenters. The summed E-state index contributed by atoms with van der Waals surface area (Å²) in [6.07, 6.45) is 3.47. The van der Waals surface area contributed by atoms with Crippen molar-refractivity contribution in [3.63, 3.8) is 0 Å². The molecule has 3 rings (SSSR count). The highest BCUT2D eigenvalue weighted by atomic mass is 31.2. The summed E-state index contributed by atoms with van der Waals surface area (Å²) in [6, 6.07) is -1.41. The van der Waals surface area contributed by atoms with E-state index in [1.807, 2.05) is 0 Å². The van der Waals surface area contributed by atoms with Crippen LogP contribution in [0, 0.1) is 0 Å². The van der Waals surface area contributed by atoms with E-state index in [0.717, 1.165) is 12.8 Å². The lowest BCUT2D eigenvalue weighted by molar-refractivity contribution is -0.145. The SMILES string of the molecule is CCOC(=O)[C@H](C)NP(=O)(COCCn1cnc2c(NC3CC3)nc(N)nc21)N[C@@H](C)C(=O)OCC. The minimum atomic E-state index is -3.57. The third-order valence-electron chi connectivity index (χ3n) is 5.23. The number of imidazole rings is 1. The Labute approximate surface area is 209 Å². The van der Waals surface area contributed by atoms with Crippen LogP contribution in [0.4, 0.5) is 11.8 Å². The smallest absolute Gasteiger partial charge is 0.323 e. The summed E-state index contributed by atoms with van der Waals surface area (Å²) in [7, 11) is -3.57. The van der Waals surface area contributed by atoms with Crippen molar-refractivity contribution in [1.82, 2.24) is 29.7 Å². The standard InChI is InChI=1S/C21H35N8O6P/c1-5-34-19(30)13(3)27-36(32,28-14(4)20(31)35-6-2)12-33-10-9-29-11-23-16-17(24-15-7-8-15)25-21(22)26-18(16)29/h11,13-15H,5-10,12H2,1-4H3,(H2,27,28,32)(H3,22,24,25,26)/t13-,14-/m0/s1. The molecule has 2 atom stereocenters. The van der Waals surface area contributed by atoms with Crippen molar-refractivity contribution in [2.45, 2.75) is 65.2 Å². The fourth-order valence-corrected chi connectivity index (χ4v) is 5.45. The highest BCUT2D eigenvalue weighted by molar-refractivity contribution is 7.59. The first-order chi connectivity index (χ1) is 17.2. The molecule has 1 saturated carbocycles. The van der Waals surface area contributed by atoms with Crippen LogP contribution in [0.5, 0.6) is 0 Å². The van der Waals surface area contributed by atoms with Crippen LogP contribution >= 0.6 is 7.44 Å². The molecule has 0 aromatic carbocycles. The fraction of sp³-hybridized carbons (Fsp3) is 0.667. The number of hydrogen-bond donors (Lipinski definition) is 4. The third kappa shape index (κ3) is 7.60. The van der Waals surface area contributed by atoms with Crippen molar-refractivity contribution in [2.24, 2.45) is 0 Å². The zero-order chi connectivity index (χ0) is 26.3. The molecule has 5 N–H and O–H groups in total. The molecular weight excluding hydrogens is 491 g/mol. The number of rotatable bonds is 15. The van der Waals surface area contributed by atoms with Gasteiger partial charge in [0.15, 0.2) is 17.0 Å². The van der Waals surface area contributed by atoms with E-state index >= 15 is 0 Å². The second kappa shape index (κ2) is 12.4.